The maximum absolute atomic E-state index is 14.8. The van der Waals surface area contributed by atoms with Gasteiger partial charge in [0, 0.05) is 31.1 Å². The summed E-state index contributed by atoms with van der Waals surface area (Å²) >= 11 is -2.06. The molecular formula is C38H55N9O9S. The maximum Gasteiger partial charge on any atom is 0.315 e. The van der Waals surface area contributed by atoms with E-state index < -0.39 is 70.3 Å². The summed E-state index contributed by atoms with van der Waals surface area (Å²) in [5, 5.41) is 30.2. The topological polar surface area (TPSA) is 268 Å². The molecule has 0 spiro atoms. The van der Waals surface area contributed by atoms with Crippen LogP contribution >= 0.6 is 0 Å². The van der Waals surface area contributed by atoms with E-state index in [1.807, 2.05) is 0 Å². The third kappa shape index (κ3) is 12.4. The first-order valence-electron chi connectivity index (χ1n) is 19.7. The van der Waals surface area contributed by atoms with Crippen LogP contribution < -0.4 is 27.0 Å². The van der Waals surface area contributed by atoms with E-state index in [1.165, 1.54) is 27.9 Å². The molecule has 3 fully saturated rings. The van der Waals surface area contributed by atoms with Gasteiger partial charge in [-0.25, -0.2) is 13.7 Å². The van der Waals surface area contributed by atoms with Crippen molar-refractivity contribution < 1.29 is 42.6 Å². The summed E-state index contributed by atoms with van der Waals surface area (Å²) in [5.41, 5.74) is 5.15. The number of nitrogens with two attached hydrogens (primary N) is 1. The first kappa shape index (κ1) is 43.4. The summed E-state index contributed by atoms with van der Waals surface area (Å²) in [5.74, 6) is -3.99. The molecule has 1 aliphatic heterocycles. The first-order valence-corrected chi connectivity index (χ1v) is 21.0. The summed E-state index contributed by atoms with van der Waals surface area (Å²) < 4.78 is 22.0. The first-order chi connectivity index (χ1) is 27.1. The van der Waals surface area contributed by atoms with E-state index in [0.29, 0.717) is 37.1 Å². The third-order valence-corrected chi connectivity index (χ3v) is 11.4. The van der Waals surface area contributed by atoms with Crippen molar-refractivity contribution >= 4 is 46.5 Å². The second kappa shape index (κ2) is 19.6. The molecule has 19 heteroatoms. The fourth-order valence-corrected chi connectivity index (χ4v) is 8.07. The molecule has 18 nitrogen and oxygen atoms in total. The van der Waals surface area contributed by atoms with E-state index in [2.05, 4.69) is 31.6 Å². The molecule has 1 saturated heterocycles. The Bertz CT molecular complexity index is 1790. The molecule has 2 aromatic rings. The van der Waals surface area contributed by atoms with Gasteiger partial charge in [-0.15, -0.1) is 5.10 Å². The van der Waals surface area contributed by atoms with Gasteiger partial charge in [0.25, 0.3) is 11.8 Å². The summed E-state index contributed by atoms with van der Waals surface area (Å²) in [4.78, 5) is 81.1. The number of nitrogens with one attached hydrogen (secondary N) is 4. The van der Waals surface area contributed by atoms with Crippen LogP contribution in [0.25, 0.3) is 0 Å². The van der Waals surface area contributed by atoms with Crippen LogP contribution in [0.2, 0.25) is 0 Å². The average Bonchev–Trinajstić information content (AvgIpc) is 3.62. The average molecular weight is 814 g/mol. The van der Waals surface area contributed by atoms with Gasteiger partial charge in [0.1, 0.15) is 17.7 Å². The van der Waals surface area contributed by atoms with Crippen molar-refractivity contribution in [3.8, 4) is 0 Å². The maximum atomic E-state index is 14.8. The van der Waals surface area contributed by atoms with Crippen LogP contribution in [-0.2, 0) is 41.6 Å². The lowest BCUT2D eigenvalue weighted by Gasteiger charge is -2.32. The Hall–Kier alpha value is -4.75. The zero-order valence-corrected chi connectivity index (χ0v) is 33.3. The van der Waals surface area contributed by atoms with Crippen LogP contribution in [0.15, 0.2) is 30.5 Å². The van der Waals surface area contributed by atoms with Crippen molar-refractivity contribution in [3.63, 3.8) is 0 Å². The van der Waals surface area contributed by atoms with E-state index >= 15 is 0 Å². The van der Waals surface area contributed by atoms with Gasteiger partial charge < -0.3 is 41.6 Å². The standard InChI is InChI=1S/C38H55N9O9S/c1-38(2,54)31-20-41-45-47(31)27-19-30(35(51)43-28(32(48)33(39)49)10-6-7-17-40-37(53)42-26-15-16-26)46(21-27)36(52)29(18-23-8-4-3-5-9-23)44-34(50)25-13-11-24(12-14-25)22-57(55)56/h11-14,20,23,26-30,54H,3-10,15-19,21-22H2,1-2H3,(H2,39,49)(H,43,51)(H,44,50)(H,55,56)(H2,40,42,53)/t27-,28?,29+,30-/m0/s1. The minimum Gasteiger partial charge on any atom is -0.384 e. The second-order valence-corrected chi connectivity index (χ2v) is 16.8. The van der Waals surface area contributed by atoms with Crippen molar-refractivity contribution in [3.05, 3.63) is 47.3 Å². The van der Waals surface area contributed by atoms with Crippen molar-refractivity contribution in [1.29, 1.82) is 0 Å². The van der Waals surface area contributed by atoms with Crippen LogP contribution in [0.4, 0.5) is 4.79 Å². The van der Waals surface area contributed by atoms with Crippen molar-refractivity contribution in [1.82, 2.24) is 41.2 Å². The molecule has 8 N–H and O–H groups in total. The Kier molecular flexibility index (Phi) is 14.9. The highest BCUT2D eigenvalue weighted by Gasteiger charge is 2.45. The van der Waals surface area contributed by atoms with Crippen molar-refractivity contribution in [2.45, 2.75) is 132 Å². The largest absolute Gasteiger partial charge is 0.384 e. The summed E-state index contributed by atoms with van der Waals surface area (Å²) in [7, 11) is 0. The van der Waals surface area contributed by atoms with Crippen LogP contribution in [-0.4, -0.2) is 106 Å². The number of carbonyl (C=O) groups excluding carboxylic acids is 6. The Balaban J connectivity index is 1.37. The van der Waals surface area contributed by atoms with Gasteiger partial charge in [-0.05, 0) is 76.0 Å². The number of primary amides is 1. The number of hydrogen-bond donors (Lipinski definition) is 7. The van der Waals surface area contributed by atoms with Crippen LogP contribution in [0.5, 0.6) is 0 Å². The zero-order chi connectivity index (χ0) is 41.3. The lowest BCUT2D eigenvalue weighted by atomic mass is 9.84. The SMILES string of the molecule is CC(C)(O)c1cnnn1[C@H]1C[C@@H](C(=O)NC(CCCCNC(=O)NC2CC2)C(=O)C(N)=O)N(C(=O)[C@@H](CC2CCCCC2)NC(=O)c2ccc(CS(=O)O)cc2)C1. The van der Waals surface area contributed by atoms with Gasteiger partial charge in [-0.3, -0.25) is 24.0 Å². The summed E-state index contributed by atoms with van der Waals surface area (Å²) in [6.45, 7) is 3.38. The Morgan fingerprint density at radius 2 is 1.68 bits per heavy atom. The van der Waals surface area contributed by atoms with Crippen molar-refractivity contribution in [2.75, 3.05) is 13.1 Å². The molecule has 0 radical (unpaired) electrons. The molecule has 1 aromatic carbocycles. The highest BCUT2D eigenvalue weighted by molar-refractivity contribution is 7.78. The lowest BCUT2D eigenvalue weighted by molar-refractivity contribution is -0.142. The fraction of sp³-hybridized carbons (Fsp3) is 0.632. The molecule has 6 amide bonds. The minimum atomic E-state index is -2.06. The predicted octanol–water partition coefficient (Wildman–Crippen LogP) is 1.31. The van der Waals surface area contributed by atoms with Crippen LogP contribution in [0, 0.1) is 5.92 Å². The van der Waals surface area contributed by atoms with E-state index in [9.17, 15) is 42.6 Å². The number of aliphatic hydroxyl groups is 1. The molecule has 2 saturated carbocycles. The van der Waals surface area contributed by atoms with E-state index in [-0.39, 0.29) is 48.7 Å². The molecule has 3 aliphatic rings. The van der Waals surface area contributed by atoms with E-state index in [1.54, 1.807) is 26.0 Å². The number of benzene rings is 1. The Labute approximate surface area is 334 Å². The number of urea groups is 1. The predicted molar refractivity (Wildman–Crippen MR) is 207 cm³/mol. The van der Waals surface area contributed by atoms with Gasteiger partial charge in [0.05, 0.1) is 29.7 Å². The quantitative estimate of drug-likeness (QED) is 0.0604. The highest BCUT2D eigenvalue weighted by atomic mass is 32.2. The van der Waals surface area contributed by atoms with Crippen LogP contribution in [0.3, 0.4) is 0 Å². The minimum absolute atomic E-state index is 0.0132. The van der Waals surface area contributed by atoms with Gasteiger partial charge in [-0.1, -0.05) is 49.5 Å². The number of Topliss-reactive ketones (excluding diaryl/α,β-unsaturated/α-hetero) is 1. The zero-order valence-electron chi connectivity index (χ0n) is 32.5. The number of rotatable bonds is 19. The number of ketones is 1. The Morgan fingerprint density at radius 3 is 2.32 bits per heavy atom. The molecule has 2 unspecified atom stereocenters. The number of amides is 6. The Morgan fingerprint density at radius 1 is 0.982 bits per heavy atom. The molecule has 1 aromatic heterocycles. The van der Waals surface area contributed by atoms with Gasteiger partial charge in [-0.2, -0.15) is 0 Å². The molecule has 2 heterocycles. The molecule has 5 atom stereocenters. The normalized spacial score (nSPS) is 20.2. The number of hydrogen-bond acceptors (Lipinski definition) is 10. The molecule has 57 heavy (non-hydrogen) atoms. The number of unbranched alkanes of at least 4 members (excludes halogenated alkanes) is 1. The van der Waals surface area contributed by atoms with E-state index in [0.717, 1.165) is 44.9 Å². The number of nitrogens with zero attached hydrogens (tertiary/aromatic N) is 4. The molecule has 0 bridgehead atoms. The number of aromatic nitrogens is 3. The summed E-state index contributed by atoms with van der Waals surface area (Å²) in [6, 6.07) is 1.90. The molecule has 2 aliphatic carbocycles. The van der Waals surface area contributed by atoms with Crippen molar-refractivity contribution in [2.24, 2.45) is 11.7 Å². The van der Waals surface area contributed by atoms with Crippen LogP contribution in [0.1, 0.15) is 119 Å². The van der Waals surface area contributed by atoms with Gasteiger partial charge >= 0.3 is 6.03 Å². The highest BCUT2D eigenvalue weighted by Crippen LogP contribution is 2.33. The molecular weight excluding hydrogens is 759 g/mol. The number of likely N-dealkylation sites (tertiary alicyclic amines) is 1. The van der Waals surface area contributed by atoms with Gasteiger partial charge in [0.2, 0.25) is 17.6 Å². The monoisotopic (exact) mass is 813 g/mol. The lowest BCUT2D eigenvalue weighted by Crippen LogP contribution is -2.56. The third-order valence-electron chi connectivity index (χ3n) is 10.8. The summed E-state index contributed by atoms with van der Waals surface area (Å²) in [6.07, 6.45) is 9.23. The molecule has 312 valence electrons. The fourth-order valence-electron chi connectivity index (χ4n) is 7.60. The van der Waals surface area contributed by atoms with Gasteiger partial charge in [0.15, 0.2) is 11.1 Å². The number of carbonyl (C=O) groups is 6. The second-order valence-electron chi connectivity index (χ2n) is 15.9. The molecule has 5 rings (SSSR count). The van der Waals surface area contributed by atoms with E-state index in [4.69, 9.17) is 5.73 Å². The smallest absolute Gasteiger partial charge is 0.315 e.